The van der Waals surface area contributed by atoms with Crippen molar-refractivity contribution in [1.29, 1.82) is 0 Å². The zero-order chi connectivity index (χ0) is 21.7. The van der Waals surface area contributed by atoms with E-state index in [9.17, 15) is 14.3 Å². The highest BCUT2D eigenvalue weighted by Gasteiger charge is 2.27. The van der Waals surface area contributed by atoms with Gasteiger partial charge >= 0.3 is 0 Å². The first kappa shape index (κ1) is 21.8. The molecule has 0 saturated carbocycles. The van der Waals surface area contributed by atoms with Crippen LogP contribution in [0.25, 0.3) is 0 Å². The standard InChI is InChI=1S/C22H28FN3O4/c1-14(27)13-29-22-21(23)20(8-10-24-22)26-11-9-19(12-26)30-18-6-4-17(5-7-18)15(2)25-16(3)28/h4-8,10,14-15,19,27H,9,11-13H2,1-3H3,(H,25,28). The average molecular weight is 417 g/mol. The van der Waals surface area contributed by atoms with Gasteiger partial charge in [0, 0.05) is 26.1 Å². The van der Waals surface area contributed by atoms with Gasteiger partial charge in [0.15, 0.2) is 0 Å². The molecule has 1 aromatic heterocycles. The Labute approximate surface area is 175 Å². The predicted molar refractivity (Wildman–Crippen MR) is 111 cm³/mol. The van der Waals surface area contributed by atoms with Crippen LogP contribution in [-0.2, 0) is 4.79 Å². The fourth-order valence-corrected chi connectivity index (χ4v) is 3.42. The summed E-state index contributed by atoms with van der Waals surface area (Å²) in [6.07, 6.45) is 1.49. The van der Waals surface area contributed by atoms with Gasteiger partial charge in [0.25, 0.3) is 5.88 Å². The molecule has 1 saturated heterocycles. The van der Waals surface area contributed by atoms with Crippen LogP contribution in [0.2, 0.25) is 0 Å². The SMILES string of the molecule is CC(=O)NC(C)c1ccc(OC2CCN(c3ccnc(OCC(C)O)c3F)C2)cc1. The van der Waals surface area contributed by atoms with Crippen LogP contribution in [0.3, 0.4) is 0 Å². The molecule has 3 unspecified atom stereocenters. The van der Waals surface area contributed by atoms with Crippen molar-refractivity contribution in [3.05, 3.63) is 47.9 Å². The second-order valence-corrected chi connectivity index (χ2v) is 7.58. The average Bonchev–Trinajstić information content (AvgIpc) is 3.15. The quantitative estimate of drug-likeness (QED) is 0.687. The molecular weight excluding hydrogens is 389 g/mol. The number of hydrogen-bond acceptors (Lipinski definition) is 6. The number of ether oxygens (including phenoxy) is 2. The van der Waals surface area contributed by atoms with Crippen molar-refractivity contribution in [3.63, 3.8) is 0 Å². The molecule has 0 bridgehead atoms. The van der Waals surface area contributed by atoms with Crippen LogP contribution in [-0.4, -0.2) is 47.9 Å². The molecular formula is C22H28FN3O4. The first-order chi connectivity index (χ1) is 14.3. The van der Waals surface area contributed by atoms with Crippen LogP contribution < -0.4 is 19.7 Å². The number of hydrogen-bond donors (Lipinski definition) is 2. The normalized spacial score (nSPS) is 18.0. The van der Waals surface area contributed by atoms with E-state index < -0.39 is 11.9 Å². The van der Waals surface area contributed by atoms with Crippen molar-refractivity contribution >= 4 is 11.6 Å². The molecule has 0 radical (unpaired) electrons. The number of benzene rings is 1. The molecule has 3 atom stereocenters. The lowest BCUT2D eigenvalue weighted by Gasteiger charge is -2.21. The molecule has 0 spiro atoms. The number of rotatable bonds is 8. The minimum Gasteiger partial charge on any atom is -0.489 e. The van der Waals surface area contributed by atoms with Crippen molar-refractivity contribution in [3.8, 4) is 11.6 Å². The molecule has 8 heteroatoms. The van der Waals surface area contributed by atoms with Crippen LogP contribution in [0.4, 0.5) is 10.1 Å². The van der Waals surface area contributed by atoms with E-state index in [1.165, 1.54) is 13.1 Å². The molecule has 2 aromatic rings. The van der Waals surface area contributed by atoms with Crippen molar-refractivity contribution < 1.29 is 23.8 Å². The van der Waals surface area contributed by atoms with E-state index in [0.29, 0.717) is 18.8 Å². The van der Waals surface area contributed by atoms with Gasteiger partial charge in [-0.2, -0.15) is 4.39 Å². The number of carbonyl (C=O) groups excluding carboxylic acids is 1. The van der Waals surface area contributed by atoms with Gasteiger partial charge in [-0.25, -0.2) is 4.98 Å². The van der Waals surface area contributed by atoms with Crippen molar-refractivity contribution in [2.75, 3.05) is 24.6 Å². The number of anilines is 1. The summed E-state index contributed by atoms with van der Waals surface area (Å²) in [5, 5.41) is 12.2. The summed E-state index contributed by atoms with van der Waals surface area (Å²) in [5.74, 6) is 0.0187. The lowest BCUT2D eigenvalue weighted by molar-refractivity contribution is -0.119. The summed E-state index contributed by atoms with van der Waals surface area (Å²) >= 11 is 0. The summed E-state index contributed by atoms with van der Waals surface area (Å²) in [5.41, 5.74) is 1.41. The fourth-order valence-electron chi connectivity index (χ4n) is 3.42. The number of carbonyl (C=O) groups is 1. The topological polar surface area (TPSA) is 83.9 Å². The van der Waals surface area contributed by atoms with Gasteiger partial charge < -0.3 is 24.8 Å². The van der Waals surface area contributed by atoms with E-state index in [1.54, 1.807) is 13.0 Å². The molecule has 7 nitrogen and oxygen atoms in total. The summed E-state index contributed by atoms with van der Waals surface area (Å²) < 4.78 is 26.1. The molecule has 1 aromatic carbocycles. The molecule has 1 fully saturated rings. The number of aromatic nitrogens is 1. The van der Waals surface area contributed by atoms with Gasteiger partial charge in [-0.15, -0.1) is 0 Å². The number of aliphatic hydroxyl groups is 1. The third-order valence-electron chi connectivity index (χ3n) is 4.89. The fraction of sp³-hybridized carbons (Fsp3) is 0.455. The highest BCUT2D eigenvalue weighted by Crippen LogP contribution is 2.29. The maximum absolute atomic E-state index is 14.8. The predicted octanol–water partition coefficient (Wildman–Crippen LogP) is 2.84. The first-order valence-electron chi connectivity index (χ1n) is 10.1. The van der Waals surface area contributed by atoms with E-state index in [2.05, 4.69) is 10.3 Å². The number of aliphatic hydroxyl groups excluding tert-OH is 1. The molecule has 2 heterocycles. The maximum atomic E-state index is 14.8. The number of nitrogens with zero attached hydrogens (tertiary/aromatic N) is 2. The Hall–Kier alpha value is -2.87. The van der Waals surface area contributed by atoms with Crippen molar-refractivity contribution in [1.82, 2.24) is 10.3 Å². The van der Waals surface area contributed by atoms with E-state index in [0.717, 1.165) is 17.7 Å². The summed E-state index contributed by atoms with van der Waals surface area (Å²) in [4.78, 5) is 17.0. The summed E-state index contributed by atoms with van der Waals surface area (Å²) in [6.45, 7) is 6.16. The zero-order valence-corrected chi connectivity index (χ0v) is 17.5. The number of amides is 1. The third kappa shape index (κ3) is 5.60. The Morgan fingerprint density at radius 3 is 2.73 bits per heavy atom. The Balaban J connectivity index is 1.59. The van der Waals surface area contributed by atoms with Crippen molar-refractivity contribution in [2.24, 2.45) is 0 Å². The molecule has 1 aliphatic heterocycles. The molecule has 3 rings (SSSR count). The van der Waals surface area contributed by atoms with Crippen LogP contribution in [0.15, 0.2) is 36.5 Å². The van der Waals surface area contributed by atoms with E-state index >= 15 is 0 Å². The number of halogens is 1. The van der Waals surface area contributed by atoms with E-state index in [4.69, 9.17) is 9.47 Å². The smallest absolute Gasteiger partial charge is 0.252 e. The lowest BCUT2D eigenvalue weighted by atomic mass is 10.1. The van der Waals surface area contributed by atoms with Crippen LogP contribution in [0.1, 0.15) is 38.8 Å². The molecule has 162 valence electrons. The molecule has 0 aliphatic carbocycles. The van der Waals surface area contributed by atoms with Crippen molar-refractivity contribution in [2.45, 2.75) is 45.4 Å². The second kappa shape index (κ2) is 9.75. The second-order valence-electron chi connectivity index (χ2n) is 7.58. The van der Waals surface area contributed by atoms with Crippen LogP contribution in [0, 0.1) is 5.82 Å². The number of nitrogens with one attached hydrogen (secondary N) is 1. The van der Waals surface area contributed by atoms with Crippen LogP contribution in [0.5, 0.6) is 11.6 Å². The van der Waals surface area contributed by atoms with Crippen LogP contribution >= 0.6 is 0 Å². The van der Waals surface area contributed by atoms with Gasteiger partial charge in [-0.05, 0) is 37.6 Å². The van der Waals surface area contributed by atoms with Gasteiger partial charge in [0.1, 0.15) is 18.5 Å². The Morgan fingerprint density at radius 2 is 2.07 bits per heavy atom. The molecule has 1 aliphatic rings. The van der Waals surface area contributed by atoms with E-state index in [1.807, 2.05) is 36.1 Å². The highest BCUT2D eigenvalue weighted by molar-refractivity contribution is 5.73. The van der Waals surface area contributed by atoms with E-state index in [-0.39, 0.29) is 30.5 Å². The molecule has 30 heavy (non-hydrogen) atoms. The van der Waals surface area contributed by atoms with Gasteiger partial charge in [-0.1, -0.05) is 12.1 Å². The molecule has 1 amide bonds. The Morgan fingerprint density at radius 1 is 1.33 bits per heavy atom. The number of pyridine rings is 1. The first-order valence-corrected chi connectivity index (χ1v) is 10.1. The Kier molecular flexibility index (Phi) is 7.10. The third-order valence-corrected chi connectivity index (χ3v) is 4.89. The summed E-state index contributed by atoms with van der Waals surface area (Å²) in [7, 11) is 0. The lowest BCUT2D eigenvalue weighted by Crippen LogP contribution is -2.26. The minimum atomic E-state index is -0.702. The molecule has 2 N–H and O–H groups in total. The zero-order valence-electron chi connectivity index (χ0n) is 17.5. The summed E-state index contributed by atoms with van der Waals surface area (Å²) in [6, 6.07) is 9.16. The van der Waals surface area contributed by atoms with Gasteiger partial charge in [0.2, 0.25) is 11.7 Å². The Bertz CT molecular complexity index is 860. The highest BCUT2D eigenvalue weighted by atomic mass is 19.1. The maximum Gasteiger partial charge on any atom is 0.252 e. The monoisotopic (exact) mass is 417 g/mol. The largest absolute Gasteiger partial charge is 0.489 e. The van der Waals surface area contributed by atoms with Gasteiger partial charge in [0.05, 0.1) is 24.4 Å². The van der Waals surface area contributed by atoms with Gasteiger partial charge in [-0.3, -0.25) is 4.79 Å². The minimum absolute atomic E-state index is 0.0182.